The fraction of sp³-hybridized carbons (Fsp3) is 0.370. The highest BCUT2D eigenvalue weighted by atomic mass is 35.5. The number of amides is 2. The second kappa shape index (κ2) is 17.2. The quantitative estimate of drug-likeness (QED) is 0.254. The maximum atomic E-state index is 12.8. The Kier molecular flexibility index (Phi) is 14.4. The average Bonchev–Trinajstić information content (AvgIpc) is 2.89. The van der Waals surface area contributed by atoms with Crippen molar-refractivity contribution in [3.63, 3.8) is 0 Å². The monoisotopic (exact) mass is 627 g/mol. The molecule has 0 fully saturated rings. The lowest BCUT2D eigenvalue weighted by atomic mass is 10.1. The Bertz CT molecular complexity index is 1210. The molecule has 3 N–H and O–H groups in total. The topological polar surface area (TPSA) is 131 Å². The second-order valence-corrected chi connectivity index (χ2v) is 11.6. The van der Waals surface area contributed by atoms with Crippen molar-refractivity contribution in [2.75, 3.05) is 23.9 Å². The summed E-state index contributed by atoms with van der Waals surface area (Å²) in [5.74, 6) is -0.850. The van der Waals surface area contributed by atoms with E-state index in [0.717, 1.165) is 29.1 Å². The lowest BCUT2D eigenvalue weighted by molar-refractivity contribution is -0.144. The third-order valence-corrected chi connectivity index (χ3v) is 7.97. The zero-order chi connectivity index (χ0) is 29.7. The van der Waals surface area contributed by atoms with Gasteiger partial charge in [-0.15, -0.1) is 0 Å². The highest BCUT2D eigenvalue weighted by Gasteiger charge is 2.24. The van der Waals surface area contributed by atoms with E-state index < -0.39 is 24.0 Å². The van der Waals surface area contributed by atoms with Gasteiger partial charge in [-0.05, 0) is 36.6 Å². The van der Waals surface area contributed by atoms with Crippen LogP contribution in [0.3, 0.4) is 0 Å². The molecule has 9 nitrogen and oxygen atoms in total. The van der Waals surface area contributed by atoms with E-state index in [1.165, 1.54) is 21.0 Å². The molecular formula is C27H31Cl2N3O6S2. The largest absolute Gasteiger partial charge is 0.467 e. The van der Waals surface area contributed by atoms with Gasteiger partial charge in [0.2, 0.25) is 16.9 Å². The van der Waals surface area contributed by atoms with Crippen molar-refractivity contribution < 1.29 is 28.7 Å². The molecule has 0 saturated heterocycles. The van der Waals surface area contributed by atoms with Gasteiger partial charge in [0.1, 0.15) is 6.04 Å². The van der Waals surface area contributed by atoms with Gasteiger partial charge in [0.15, 0.2) is 5.12 Å². The molecule has 2 aromatic carbocycles. The molecule has 40 heavy (non-hydrogen) atoms. The molecule has 2 rings (SSSR count). The van der Waals surface area contributed by atoms with E-state index in [1.54, 1.807) is 18.2 Å². The summed E-state index contributed by atoms with van der Waals surface area (Å²) in [5.41, 5.74) is 1.99. The van der Waals surface area contributed by atoms with E-state index in [-0.39, 0.29) is 41.2 Å². The SMILES string of the molecule is COC(=O)C(CCSC(=O)C(CCSC(=O)Cc1ccccc1Nc1c(Cl)cccc1Cl)NC(C)=O)NC(C)=O. The summed E-state index contributed by atoms with van der Waals surface area (Å²) in [5, 5.41) is 8.80. The van der Waals surface area contributed by atoms with Gasteiger partial charge in [-0.1, -0.05) is 71.0 Å². The van der Waals surface area contributed by atoms with Crippen LogP contribution in [0.15, 0.2) is 42.5 Å². The predicted molar refractivity (Wildman–Crippen MR) is 161 cm³/mol. The minimum atomic E-state index is -0.874. The number of hydrogen-bond acceptors (Lipinski definition) is 9. The van der Waals surface area contributed by atoms with Crippen LogP contribution < -0.4 is 16.0 Å². The first-order valence-corrected chi connectivity index (χ1v) is 15.0. The molecule has 0 saturated carbocycles. The number of rotatable bonds is 14. The van der Waals surface area contributed by atoms with Crippen LogP contribution in [0.5, 0.6) is 0 Å². The number of ether oxygens (including phenoxy) is 1. The van der Waals surface area contributed by atoms with Gasteiger partial charge >= 0.3 is 5.97 Å². The summed E-state index contributed by atoms with van der Waals surface area (Å²) in [6.07, 6.45) is 0.542. The second-order valence-electron chi connectivity index (χ2n) is 8.55. The van der Waals surface area contributed by atoms with Crippen molar-refractivity contribution in [3.05, 3.63) is 58.1 Å². The van der Waals surface area contributed by atoms with Crippen LogP contribution in [0.1, 0.15) is 32.3 Å². The summed E-state index contributed by atoms with van der Waals surface area (Å²) in [4.78, 5) is 60.4. The zero-order valence-electron chi connectivity index (χ0n) is 22.3. The molecule has 0 spiro atoms. The highest BCUT2D eigenvalue weighted by Crippen LogP contribution is 2.34. The Hall–Kier alpha value is -2.73. The van der Waals surface area contributed by atoms with E-state index in [2.05, 4.69) is 20.7 Å². The lowest BCUT2D eigenvalue weighted by Crippen LogP contribution is -2.41. The third-order valence-electron chi connectivity index (χ3n) is 5.42. The first-order valence-electron chi connectivity index (χ1n) is 12.2. The number of thioether (sulfide) groups is 2. The summed E-state index contributed by atoms with van der Waals surface area (Å²) < 4.78 is 4.68. The van der Waals surface area contributed by atoms with Gasteiger partial charge < -0.3 is 20.7 Å². The summed E-state index contributed by atoms with van der Waals surface area (Å²) >= 11 is 14.5. The molecule has 0 aliphatic heterocycles. The molecule has 0 radical (unpaired) electrons. The number of esters is 1. The van der Waals surface area contributed by atoms with Crippen LogP contribution in [-0.2, 0) is 35.1 Å². The maximum absolute atomic E-state index is 12.8. The number of nitrogens with one attached hydrogen (secondary N) is 3. The number of benzene rings is 2. The van der Waals surface area contributed by atoms with E-state index in [1.807, 2.05) is 24.3 Å². The molecule has 0 aromatic heterocycles. The van der Waals surface area contributed by atoms with E-state index >= 15 is 0 Å². The molecule has 0 heterocycles. The summed E-state index contributed by atoms with van der Waals surface area (Å²) in [6.45, 7) is 2.59. The summed E-state index contributed by atoms with van der Waals surface area (Å²) in [6, 6.07) is 10.8. The highest BCUT2D eigenvalue weighted by molar-refractivity contribution is 8.14. The minimum Gasteiger partial charge on any atom is -0.467 e. The first-order chi connectivity index (χ1) is 19.0. The zero-order valence-corrected chi connectivity index (χ0v) is 25.4. The van der Waals surface area contributed by atoms with Crippen LogP contribution in [0, 0.1) is 0 Å². The van der Waals surface area contributed by atoms with Crippen LogP contribution in [0.4, 0.5) is 11.4 Å². The Morgan fingerprint density at radius 3 is 2.02 bits per heavy atom. The number of methoxy groups -OCH3 is 1. The standard InChI is InChI=1S/C27H31Cl2N3O6S2/c1-16(33)30-22(26(36)38-3)11-14-40-27(37)23(31-17(2)34)12-13-39-24(35)15-18-7-4-5-10-21(18)32-25-19(28)8-6-9-20(25)29/h4-10,22-23,32H,11-15H2,1-3H3,(H,30,33)(H,31,34). The van der Waals surface area contributed by atoms with Gasteiger partial charge in [0.05, 0.1) is 28.9 Å². The van der Waals surface area contributed by atoms with Crippen molar-refractivity contribution in [1.29, 1.82) is 0 Å². The molecule has 2 atom stereocenters. The Morgan fingerprint density at radius 1 is 0.825 bits per heavy atom. The molecule has 2 aromatic rings. The molecule has 0 aliphatic rings. The van der Waals surface area contributed by atoms with Crippen molar-refractivity contribution >= 4 is 86.1 Å². The Balaban J connectivity index is 1.93. The molecule has 0 bridgehead atoms. The van der Waals surface area contributed by atoms with Gasteiger partial charge in [-0.3, -0.25) is 19.2 Å². The van der Waals surface area contributed by atoms with Gasteiger partial charge in [-0.2, -0.15) is 0 Å². The molecule has 216 valence electrons. The van der Waals surface area contributed by atoms with Gasteiger partial charge in [0, 0.05) is 37.5 Å². The number of halogens is 2. The number of carbonyl (C=O) groups is 5. The minimum absolute atomic E-state index is 0.114. The number of para-hydroxylation sites is 2. The fourth-order valence-corrected chi connectivity index (χ4v) is 5.82. The molecule has 2 amide bonds. The molecule has 13 heteroatoms. The normalized spacial score (nSPS) is 12.1. The molecule has 0 aliphatic carbocycles. The first kappa shape index (κ1) is 33.5. The number of hydrogen-bond donors (Lipinski definition) is 3. The van der Waals surface area contributed by atoms with Crippen molar-refractivity contribution in [2.45, 2.75) is 45.2 Å². The van der Waals surface area contributed by atoms with Gasteiger partial charge in [0.25, 0.3) is 0 Å². The Labute approximate surface area is 251 Å². The predicted octanol–water partition coefficient (Wildman–Crippen LogP) is 4.76. The Morgan fingerprint density at radius 2 is 1.40 bits per heavy atom. The third kappa shape index (κ3) is 11.4. The van der Waals surface area contributed by atoms with E-state index in [4.69, 9.17) is 23.2 Å². The van der Waals surface area contributed by atoms with Gasteiger partial charge in [-0.25, -0.2) is 4.79 Å². The van der Waals surface area contributed by atoms with Crippen LogP contribution in [-0.4, -0.2) is 58.7 Å². The van der Waals surface area contributed by atoms with Crippen LogP contribution >= 0.6 is 46.7 Å². The van der Waals surface area contributed by atoms with E-state index in [0.29, 0.717) is 27.2 Å². The number of carbonyl (C=O) groups excluding carboxylic acids is 5. The van der Waals surface area contributed by atoms with Crippen LogP contribution in [0.25, 0.3) is 0 Å². The van der Waals surface area contributed by atoms with Crippen molar-refractivity contribution in [2.24, 2.45) is 0 Å². The maximum Gasteiger partial charge on any atom is 0.328 e. The molecular weight excluding hydrogens is 597 g/mol. The van der Waals surface area contributed by atoms with Crippen molar-refractivity contribution in [1.82, 2.24) is 10.6 Å². The summed E-state index contributed by atoms with van der Waals surface area (Å²) in [7, 11) is 1.21. The molecule has 2 unspecified atom stereocenters. The smallest absolute Gasteiger partial charge is 0.328 e. The van der Waals surface area contributed by atoms with Crippen molar-refractivity contribution in [3.8, 4) is 0 Å². The van der Waals surface area contributed by atoms with Crippen LogP contribution in [0.2, 0.25) is 10.0 Å². The lowest BCUT2D eigenvalue weighted by Gasteiger charge is -2.18. The van der Waals surface area contributed by atoms with E-state index in [9.17, 15) is 24.0 Å². The fourth-order valence-electron chi connectivity index (χ4n) is 3.55. The average molecular weight is 629 g/mol. The number of anilines is 2.